The third kappa shape index (κ3) is 6.20. The van der Waals surface area contributed by atoms with Crippen LogP contribution in [0.15, 0.2) is 0 Å². The Bertz CT molecular complexity index is 276. The highest BCUT2D eigenvalue weighted by molar-refractivity contribution is 5.81. The number of carbonyl (C=O) groups is 1. The SMILES string of the molecule is COCCNCC1CCN(C(C)C(=O)NC(C)C)CC1. The molecule has 1 amide bonds. The van der Waals surface area contributed by atoms with Gasteiger partial charge >= 0.3 is 0 Å². The van der Waals surface area contributed by atoms with Crippen molar-refractivity contribution in [1.29, 1.82) is 0 Å². The summed E-state index contributed by atoms with van der Waals surface area (Å²) in [7, 11) is 1.73. The zero-order valence-electron chi connectivity index (χ0n) is 13.4. The van der Waals surface area contributed by atoms with Crippen molar-refractivity contribution in [3.05, 3.63) is 0 Å². The minimum atomic E-state index is -0.0141. The third-order valence-corrected chi connectivity index (χ3v) is 3.92. The van der Waals surface area contributed by atoms with E-state index in [9.17, 15) is 4.79 Å². The van der Waals surface area contributed by atoms with Crippen LogP contribution in [0.5, 0.6) is 0 Å². The summed E-state index contributed by atoms with van der Waals surface area (Å²) in [5.74, 6) is 0.875. The van der Waals surface area contributed by atoms with Gasteiger partial charge in [-0.25, -0.2) is 0 Å². The Labute approximate surface area is 123 Å². The fraction of sp³-hybridized carbons (Fsp3) is 0.933. The number of piperidine rings is 1. The van der Waals surface area contributed by atoms with Crippen LogP contribution in [0.4, 0.5) is 0 Å². The van der Waals surface area contributed by atoms with Crippen LogP contribution < -0.4 is 10.6 Å². The van der Waals surface area contributed by atoms with Gasteiger partial charge in [0.05, 0.1) is 12.6 Å². The van der Waals surface area contributed by atoms with E-state index in [1.54, 1.807) is 7.11 Å². The van der Waals surface area contributed by atoms with E-state index in [0.717, 1.165) is 38.7 Å². The number of hydrogen-bond donors (Lipinski definition) is 2. The molecule has 2 N–H and O–H groups in total. The molecule has 5 nitrogen and oxygen atoms in total. The number of amides is 1. The highest BCUT2D eigenvalue weighted by Crippen LogP contribution is 2.18. The molecular formula is C15H31N3O2. The van der Waals surface area contributed by atoms with Gasteiger partial charge in [-0.15, -0.1) is 0 Å². The van der Waals surface area contributed by atoms with Gasteiger partial charge in [0, 0.05) is 19.7 Å². The monoisotopic (exact) mass is 285 g/mol. The second-order valence-electron chi connectivity index (χ2n) is 6.02. The van der Waals surface area contributed by atoms with Crippen LogP contribution in [-0.2, 0) is 9.53 Å². The van der Waals surface area contributed by atoms with Crippen LogP contribution in [0.25, 0.3) is 0 Å². The van der Waals surface area contributed by atoms with Crippen molar-refractivity contribution in [1.82, 2.24) is 15.5 Å². The molecular weight excluding hydrogens is 254 g/mol. The molecule has 1 rings (SSSR count). The molecule has 1 fully saturated rings. The molecule has 0 aromatic heterocycles. The minimum absolute atomic E-state index is 0.0141. The summed E-state index contributed by atoms with van der Waals surface area (Å²) >= 11 is 0. The molecule has 1 aliphatic rings. The van der Waals surface area contributed by atoms with Crippen LogP contribution in [0.1, 0.15) is 33.6 Å². The summed E-state index contributed by atoms with van der Waals surface area (Å²) in [6.07, 6.45) is 2.33. The summed E-state index contributed by atoms with van der Waals surface area (Å²) in [5.41, 5.74) is 0. The molecule has 1 saturated heterocycles. The highest BCUT2D eigenvalue weighted by atomic mass is 16.5. The minimum Gasteiger partial charge on any atom is -0.383 e. The van der Waals surface area contributed by atoms with Crippen molar-refractivity contribution in [2.24, 2.45) is 5.92 Å². The molecule has 118 valence electrons. The van der Waals surface area contributed by atoms with Gasteiger partial charge in [0.1, 0.15) is 0 Å². The third-order valence-electron chi connectivity index (χ3n) is 3.92. The number of hydrogen-bond acceptors (Lipinski definition) is 4. The van der Waals surface area contributed by atoms with Crippen molar-refractivity contribution in [3.8, 4) is 0 Å². The van der Waals surface area contributed by atoms with Gasteiger partial charge in [-0.1, -0.05) is 0 Å². The Kier molecular flexibility index (Phi) is 8.11. The zero-order chi connectivity index (χ0) is 15.0. The molecule has 0 spiro atoms. The quantitative estimate of drug-likeness (QED) is 0.649. The van der Waals surface area contributed by atoms with Crippen molar-refractivity contribution in [2.75, 3.05) is 39.9 Å². The predicted octanol–water partition coefficient (Wildman–Crippen LogP) is 0.848. The van der Waals surface area contributed by atoms with E-state index < -0.39 is 0 Å². The number of likely N-dealkylation sites (tertiary alicyclic amines) is 1. The normalized spacial score (nSPS) is 19.2. The second-order valence-corrected chi connectivity index (χ2v) is 6.02. The highest BCUT2D eigenvalue weighted by Gasteiger charge is 2.26. The lowest BCUT2D eigenvalue weighted by Crippen LogP contribution is -2.50. The van der Waals surface area contributed by atoms with Crippen molar-refractivity contribution in [3.63, 3.8) is 0 Å². The number of methoxy groups -OCH3 is 1. The van der Waals surface area contributed by atoms with Gasteiger partial charge in [-0.3, -0.25) is 9.69 Å². The summed E-state index contributed by atoms with van der Waals surface area (Å²) in [4.78, 5) is 14.3. The maximum atomic E-state index is 12.0. The van der Waals surface area contributed by atoms with Gasteiger partial charge in [0.2, 0.25) is 5.91 Å². The van der Waals surface area contributed by atoms with Crippen LogP contribution in [0.3, 0.4) is 0 Å². The maximum absolute atomic E-state index is 12.0. The van der Waals surface area contributed by atoms with Crippen LogP contribution in [0.2, 0.25) is 0 Å². The molecule has 0 bridgehead atoms. The second kappa shape index (κ2) is 9.32. The van der Waals surface area contributed by atoms with Gasteiger partial charge in [-0.2, -0.15) is 0 Å². The topological polar surface area (TPSA) is 53.6 Å². The fourth-order valence-electron chi connectivity index (χ4n) is 2.60. The smallest absolute Gasteiger partial charge is 0.237 e. The Morgan fingerprint density at radius 1 is 1.30 bits per heavy atom. The number of carbonyl (C=O) groups excluding carboxylic acids is 1. The molecule has 1 heterocycles. The Hall–Kier alpha value is -0.650. The molecule has 0 aliphatic carbocycles. The molecule has 1 atom stereocenters. The van der Waals surface area contributed by atoms with Gasteiger partial charge in [-0.05, 0) is 59.2 Å². The molecule has 5 heteroatoms. The van der Waals surface area contributed by atoms with E-state index in [1.807, 2.05) is 20.8 Å². The van der Waals surface area contributed by atoms with E-state index >= 15 is 0 Å². The Balaban J connectivity index is 2.22. The van der Waals surface area contributed by atoms with Gasteiger partial charge < -0.3 is 15.4 Å². The molecule has 0 saturated carbocycles. The largest absolute Gasteiger partial charge is 0.383 e. The van der Waals surface area contributed by atoms with Crippen molar-refractivity contribution < 1.29 is 9.53 Å². The average molecular weight is 285 g/mol. The van der Waals surface area contributed by atoms with E-state index in [0.29, 0.717) is 0 Å². The number of rotatable bonds is 8. The van der Waals surface area contributed by atoms with E-state index in [1.165, 1.54) is 12.8 Å². The predicted molar refractivity (Wildman–Crippen MR) is 81.8 cm³/mol. The molecule has 0 aromatic carbocycles. The van der Waals surface area contributed by atoms with Gasteiger partial charge in [0.25, 0.3) is 0 Å². The van der Waals surface area contributed by atoms with Crippen molar-refractivity contribution in [2.45, 2.75) is 45.7 Å². The van der Waals surface area contributed by atoms with Crippen LogP contribution in [-0.4, -0.2) is 62.8 Å². The van der Waals surface area contributed by atoms with Crippen LogP contribution in [0, 0.1) is 5.92 Å². The van der Waals surface area contributed by atoms with E-state index in [-0.39, 0.29) is 18.0 Å². The lowest BCUT2D eigenvalue weighted by atomic mass is 9.95. The summed E-state index contributed by atoms with van der Waals surface area (Å²) in [6.45, 7) is 10.8. The summed E-state index contributed by atoms with van der Waals surface area (Å²) < 4.78 is 5.02. The first-order valence-corrected chi connectivity index (χ1v) is 7.78. The average Bonchev–Trinajstić information content (AvgIpc) is 2.43. The van der Waals surface area contributed by atoms with E-state index in [4.69, 9.17) is 4.74 Å². The maximum Gasteiger partial charge on any atom is 0.237 e. The Morgan fingerprint density at radius 3 is 2.50 bits per heavy atom. The standard InChI is InChI=1S/C15H31N3O2/c1-12(2)17-15(19)13(3)18-8-5-14(6-9-18)11-16-7-10-20-4/h12-14,16H,5-11H2,1-4H3,(H,17,19). The molecule has 20 heavy (non-hydrogen) atoms. The van der Waals surface area contributed by atoms with Crippen LogP contribution >= 0.6 is 0 Å². The van der Waals surface area contributed by atoms with Gasteiger partial charge in [0.15, 0.2) is 0 Å². The number of nitrogens with zero attached hydrogens (tertiary/aromatic N) is 1. The first-order chi connectivity index (χ1) is 9.54. The molecule has 0 radical (unpaired) electrons. The molecule has 1 aliphatic heterocycles. The van der Waals surface area contributed by atoms with Crippen molar-refractivity contribution >= 4 is 5.91 Å². The molecule has 0 aromatic rings. The molecule has 1 unspecified atom stereocenters. The lowest BCUT2D eigenvalue weighted by molar-refractivity contribution is -0.126. The summed E-state index contributed by atoms with van der Waals surface area (Å²) in [6, 6.07) is 0.201. The number of nitrogens with one attached hydrogen (secondary N) is 2. The zero-order valence-corrected chi connectivity index (χ0v) is 13.4. The van der Waals surface area contributed by atoms with E-state index in [2.05, 4.69) is 15.5 Å². The number of ether oxygens (including phenoxy) is 1. The Morgan fingerprint density at radius 2 is 1.95 bits per heavy atom. The lowest BCUT2D eigenvalue weighted by Gasteiger charge is -2.35. The first-order valence-electron chi connectivity index (χ1n) is 7.78. The fourth-order valence-corrected chi connectivity index (χ4v) is 2.60. The summed E-state index contributed by atoms with van der Waals surface area (Å²) in [5, 5.41) is 6.42. The first kappa shape index (κ1) is 17.4.